The predicted molar refractivity (Wildman–Crippen MR) is 152 cm³/mol. The first-order valence-corrected chi connectivity index (χ1v) is 12.9. The molecular formula is C33H26N4O2. The van der Waals surface area contributed by atoms with Crippen molar-refractivity contribution in [1.29, 1.82) is 0 Å². The number of para-hydroxylation sites is 4. The average Bonchev–Trinajstić information content (AvgIpc) is 3.61. The van der Waals surface area contributed by atoms with E-state index in [2.05, 4.69) is 13.8 Å². The fourth-order valence-electron chi connectivity index (χ4n) is 5.33. The molecule has 3 heterocycles. The van der Waals surface area contributed by atoms with Crippen LogP contribution >= 0.6 is 0 Å². The first kappa shape index (κ1) is 23.0. The third-order valence-corrected chi connectivity index (χ3v) is 7.61. The molecule has 0 radical (unpaired) electrons. The number of benzene rings is 4. The number of fused-ring (bicyclic) bond motifs is 11. The molecule has 190 valence electrons. The van der Waals surface area contributed by atoms with Crippen LogP contribution in [0.15, 0.2) is 109 Å². The van der Waals surface area contributed by atoms with Crippen molar-refractivity contribution < 1.29 is 10.2 Å². The monoisotopic (exact) mass is 510 g/mol. The summed E-state index contributed by atoms with van der Waals surface area (Å²) in [5, 5.41) is 23.3. The third-order valence-electron chi connectivity index (χ3n) is 7.61. The normalized spacial score (nSPS) is 13.3. The minimum absolute atomic E-state index is 0.0579. The molecule has 2 aromatic heterocycles. The summed E-state index contributed by atoms with van der Waals surface area (Å²) in [7, 11) is 0. The maximum absolute atomic E-state index is 11.6. The van der Waals surface area contributed by atoms with Gasteiger partial charge in [-0.05, 0) is 50.2 Å². The van der Waals surface area contributed by atoms with Gasteiger partial charge in [0.15, 0.2) is 0 Å². The van der Waals surface area contributed by atoms with E-state index in [1.165, 1.54) is 0 Å². The van der Waals surface area contributed by atoms with Crippen LogP contribution in [-0.4, -0.2) is 29.3 Å². The van der Waals surface area contributed by atoms with Gasteiger partial charge in [-0.2, -0.15) is 0 Å². The van der Waals surface area contributed by atoms with Gasteiger partial charge in [0.2, 0.25) is 0 Å². The predicted octanol–water partition coefficient (Wildman–Crippen LogP) is 7.11. The largest absolute Gasteiger partial charge is 0.507 e. The fraction of sp³-hybridized carbons (Fsp3) is 0.0909. The van der Waals surface area contributed by atoms with Gasteiger partial charge in [-0.15, -0.1) is 0 Å². The Labute approximate surface area is 226 Å². The van der Waals surface area contributed by atoms with Gasteiger partial charge in [-0.1, -0.05) is 60.7 Å². The first-order valence-electron chi connectivity index (χ1n) is 12.9. The van der Waals surface area contributed by atoms with Gasteiger partial charge in [0.05, 0.1) is 27.9 Å². The lowest BCUT2D eigenvalue weighted by molar-refractivity contribution is 0.470. The molecule has 0 saturated heterocycles. The van der Waals surface area contributed by atoms with Gasteiger partial charge in [0, 0.05) is 34.9 Å². The van der Waals surface area contributed by atoms with Crippen LogP contribution in [0.5, 0.6) is 11.5 Å². The number of aromatic nitrogens is 4. The van der Waals surface area contributed by atoms with Crippen LogP contribution in [0.3, 0.4) is 0 Å². The van der Waals surface area contributed by atoms with Crippen molar-refractivity contribution >= 4 is 0 Å². The van der Waals surface area contributed by atoms with Crippen LogP contribution in [0.25, 0.3) is 45.3 Å². The summed E-state index contributed by atoms with van der Waals surface area (Å²) in [5.41, 5.74) is 5.09. The minimum Gasteiger partial charge on any atom is -0.507 e. The third kappa shape index (κ3) is 3.49. The van der Waals surface area contributed by atoms with Crippen molar-refractivity contribution in [1.82, 2.24) is 19.1 Å². The lowest BCUT2D eigenvalue weighted by atomic mass is 9.86. The highest BCUT2D eigenvalue weighted by Crippen LogP contribution is 2.46. The summed E-state index contributed by atoms with van der Waals surface area (Å²) < 4.78 is 4.01. The Morgan fingerprint density at radius 3 is 1.31 bits per heavy atom. The molecule has 7 rings (SSSR count). The van der Waals surface area contributed by atoms with Gasteiger partial charge < -0.3 is 10.2 Å². The molecule has 4 aromatic carbocycles. The second kappa shape index (κ2) is 8.46. The number of phenolic OH excluding ortho intramolecular Hbond substituents is 2. The molecule has 6 aromatic rings. The lowest BCUT2D eigenvalue weighted by Crippen LogP contribution is -2.20. The summed E-state index contributed by atoms with van der Waals surface area (Å²) in [5.74, 6) is 1.34. The van der Waals surface area contributed by atoms with Crippen molar-refractivity contribution in [3.8, 4) is 56.8 Å². The summed E-state index contributed by atoms with van der Waals surface area (Å²) in [6.45, 7) is 4.20. The fourth-order valence-corrected chi connectivity index (χ4v) is 5.33. The average molecular weight is 511 g/mol. The minimum atomic E-state index is -0.599. The molecule has 6 nitrogen and oxygen atoms in total. The Morgan fingerprint density at radius 2 is 0.897 bits per heavy atom. The van der Waals surface area contributed by atoms with E-state index in [1.54, 1.807) is 0 Å². The molecule has 6 heteroatoms. The molecule has 0 unspecified atom stereocenters. The zero-order valence-corrected chi connectivity index (χ0v) is 21.6. The number of aromatic hydroxyl groups is 2. The highest BCUT2D eigenvalue weighted by molar-refractivity contribution is 5.87. The standard InChI is InChI=1S/C33H26N4O2/c1-33(2)27-19-36(21-11-5-3-6-12-21)31(34-27)25-17-9-15-23(29(25)38)24-16-10-18-26(30(24)39)32-35-28(33)20-37(32)22-13-7-4-8-14-22/h3-20,38-39H,1-2H3. The van der Waals surface area contributed by atoms with Gasteiger partial charge >= 0.3 is 0 Å². The molecule has 0 spiro atoms. The van der Waals surface area contributed by atoms with Gasteiger partial charge in [-0.3, -0.25) is 9.13 Å². The molecule has 8 bridgehead atoms. The molecule has 1 aliphatic rings. The van der Waals surface area contributed by atoms with Crippen LogP contribution in [0.2, 0.25) is 0 Å². The summed E-state index contributed by atoms with van der Waals surface area (Å²) in [6, 6.07) is 31.1. The zero-order valence-electron chi connectivity index (χ0n) is 21.6. The maximum Gasteiger partial charge on any atom is 0.148 e. The zero-order chi connectivity index (χ0) is 26.7. The molecule has 0 atom stereocenters. The van der Waals surface area contributed by atoms with Gasteiger partial charge in [0.1, 0.15) is 23.1 Å². The van der Waals surface area contributed by atoms with Crippen molar-refractivity contribution in [3.63, 3.8) is 0 Å². The van der Waals surface area contributed by atoms with Crippen molar-refractivity contribution in [3.05, 3.63) is 121 Å². The molecular weight excluding hydrogens is 484 g/mol. The summed E-state index contributed by atoms with van der Waals surface area (Å²) in [6.07, 6.45) is 4.06. The van der Waals surface area contributed by atoms with E-state index in [4.69, 9.17) is 9.97 Å². The summed E-state index contributed by atoms with van der Waals surface area (Å²) in [4.78, 5) is 10.2. The highest BCUT2D eigenvalue weighted by atomic mass is 16.3. The molecule has 39 heavy (non-hydrogen) atoms. The lowest BCUT2D eigenvalue weighted by Gasteiger charge is -2.19. The van der Waals surface area contributed by atoms with E-state index in [1.807, 2.05) is 119 Å². The number of imidazole rings is 2. The van der Waals surface area contributed by atoms with Crippen molar-refractivity contribution in [2.24, 2.45) is 0 Å². The van der Waals surface area contributed by atoms with E-state index in [9.17, 15) is 10.2 Å². The first-order chi connectivity index (χ1) is 18.9. The van der Waals surface area contributed by atoms with Crippen molar-refractivity contribution in [2.45, 2.75) is 19.3 Å². The Kier molecular flexibility index (Phi) is 5.00. The Morgan fingerprint density at radius 1 is 0.513 bits per heavy atom. The Bertz CT molecular complexity index is 1720. The van der Waals surface area contributed by atoms with E-state index in [-0.39, 0.29) is 11.5 Å². The number of rotatable bonds is 2. The maximum atomic E-state index is 11.6. The SMILES string of the molecule is CC1(C)c2cn(-c3ccccc3)c(n2)-c2cccc(c2O)-c2cccc(c2O)-c2nc1cn2-c1ccccc1. The number of nitrogens with zero attached hydrogens (tertiary/aromatic N) is 4. The van der Waals surface area contributed by atoms with Gasteiger partial charge in [0.25, 0.3) is 0 Å². The van der Waals surface area contributed by atoms with E-state index in [0.29, 0.717) is 33.9 Å². The quantitative estimate of drug-likeness (QED) is 0.260. The van der Waals surface area contributed by atoms with Crippen LogP contribution in [0.4, 0.5) is 0 Å². The molecule has 2 N–H and O–H groups in total. The van der Waals surface area contributed by atoms with E-state index < -0.39 is 5.41 Å². The van der Waals surface area contributed by atoms with E-state index >= 15 is 0 Å². The van der Waals surface area contributed by atoms with E-state index in [0.717, 1.165) is 22.8 Å². The molecule has 0 aliphatic carbocycles. The highest BCUT2D eigenvalue weighted by Gasteiger charge is 2.33. The molecule has 0 saturated carbocycles. The van der Waals surface area contributed by atoms with Crippen LogP contribution in [0, 0.1) is 0 Å². The molecule has 0 fully saturated rings. The molecule has 1 aliphatic heterocycles. The summed E-state index contributed by atoms with van der Waals surface area (Å²) >= 11 is 0. The smallest absolute Gasteiger partial charge is 0.148 e. The Hall–Kier alpha value is -5.10. The van der Waals surface area contributed by atoms with Crippen LogP contribution < -0.4 is 0 Å². The number of hydrogen-bond acceptors (Lipinski definition) is 4. The van der Waals surface area contributed by atoms with Gasteiger partial charge in [-0.25, -0.2) is 9.97 Å². The number of hydrogen-bond donors (Lipinski definition) is 2. The second-order valence-electron chi connectivity index (χ2n) is 10.3. The van der Waals surface area contributed by atoms with Crippen LogP contribution in [-0.2, 0) is 5.41 Å². The number of phenols is 2. The van der Waals surface area contributed by atoms with Crippen LogP contribution in [0.1, 0.15) is 25.2 Å². The molecule has 0 amide bonds. The topological polar surface area (TPSA) is 76.1 Å². The van der Waals surface area contributed by atoms with Crippen molar-refractivity contribution in [2.75, 3.05) is 0 Å². The Balaban J connectivity index is 1.61. The second-order valence-corrected chi connectivity index (χ2v) is 10.3.